The number of nitrogens with one attached hydrogen (secondary N) is 1. The van der Waals surface area contributed by atoms with E-state index < -0.39 is 4.32 Å². The first kappa shape index (κ1) is 13.7. The quantitative estimate of drug-likeness (QED) is 0.663. The van der Waals surface area contributed by atoms with E-state index in [-0.39, 0.29) is 11.1 Å². The highest BCUT2D eigenvalue weighted by Crippen LogP contribution is 2.28. The van der Waals surface area contributed by atoms with E-state index in [1.807, 2.05) is 0 Å². The van der Waals surface area contributed by atoms with Crippen molar-refractivity contribution < 1.29 is 4.79 Å². The average molecular weight is 326 g/mol. The molecule has 1 aromatic rings. The number of rotatable bonds is 2. The van der Waals surface area contributed by atoms with E-state index in [2.05, 4.69) is 26.2 Å². The highest BCUT2D eigenvalue weighted by Gasteiger charge is 2.25. The van der Waals surface area contributed by atoms with Crippen LogP contribution in [0.1, 0.15) is 19.4 Å². The number of carbonyl (C=O) groups is 1. The summed E-state index contributed by atoms with van der Waals surface area (Å²) >= 11 is 14.9. The number of aryl methyl sites for hydroxylation is 1. The van der Waals surface area contributed by atoms with E-state index >= 15 is 0 Å². The van der Waals surface area contributed by atoms with Gasteiger partial charge in [0.15, 0.2) is 5.15 Å². The number of carbonyl (C=O) groups excluding carboxylic acids is 1. The lowest BCUT2D eigenvalue weighted by atomic mass is 10.2. The Morgan fingerprint density at radius 2 is 2.06 bits per heavy atom. The first-order chi connectivity index (χ1) is 7.21. The molecule has 88 valence electrons. The summed E-state index contributed by atoms with van der Waals surface area (Å²) in [5.74, 6) is -0.193. The minimum atomic E-state index is -0.664. The summed E-state index contributed by atoms with van der Waals surface area (Å²) < 4.78 is -0.664. The zero-order valence-electron chi connectivity index (χ0n) is 9.07. The second-order valence-electron chi connectivity index (χ2n) is 3.85. The number of anilines is 1. The molecule has 3 nitrogen and oxygen atoms in total. The van der Waals surface area contributed by atoms with Gasteiger partial charge in [-0.25, -0.2) is 4.98 Å². The van der Waals surface area contributed by atoms with Gasteiger partial charge in [0.2, 0.25) is 5.91 Å². The Morgan fingerprint density at radius 3 is 2.50 bits per heavy atom. The lowest BCUT2D eigenvalue weighted by Crippen LogP contribution is -2.31. The molecule has 0 atom stereocenters. The number of hydrogen-bond donors (Lipinski definition) is 1. The van der Waals surface area contributed by atoms with Gasteiger partial charge in [-0.3, -0.25) is 4.79 Å². The summed E-state index contributed by atoms with van der Waals surface area (Å²) in [6.07, 6.45) is 0. The molecule has 0 saturated heterocycles. The third kappa shape index (κ3) is 3.34. The highest BCUT2D eigenvalue weighted by molar-refractivity contribution is 9.10. The first-order valence-corrected chi connectivity index (χ1v) is 6.09. The van der Waals surface area contributed by atoms with Crippen molar-refractivity contribution >= 4 is 50.7 Å². The van der Waals surface area contributed by atoms with Gasteiger partial charge >= 0.3 is 0 Å². The maximum absolute atomic E-state index is 11.7. The molecular weight excluding hydrogens is 315 g/mol. The Morgan fingerprint density at radius 1 is 1.50 bits per heavy atom. The van der Waals surface area contributed by atoms with E-state index in [9.17, 15) is 4.79 Å². The molecule has 6 heteroatoms. The summed E-state index contributed by atoms with van der Waals surface area (Å²) in [6, 6.07) is 1.64. The lowest BCUT2D eigenvalue weighted by Gasteiger charge is -2.17. The normalized spacial score (nSPS) is 11.4. The zero-order chi connectivity index (χ0) is 12.5. The predicted octanol–water partition coefficient (Wildman–Crippen LogP) is 3.81. The Kier molecular flexibility index (Phi) is 4.21. The molecule has 1 rings (SSSR count). The van der Waals surface area contributed by atoms with Crippen LogP contribution in [0, 0.1) is 6.92 Å². The van der Waals surface area contributed by atoms with Crippen molar-refractivity contribution in [3.05, 3.63) is 21.9 Å². The van der Waals surface area contributed by atoms with Gasteiger partial charge in [-0.15, -0.1) is 0 Å². The van der Waals surface area contributed by atoms with E-state index in [1.54, 1.807) is 26.8 Å². The molecule has 0 aromatic carbocycles. The van der Waals surface area contributed by atoms with Crippen molar-refractivity contribution in [2.45, 2.75) is 25.1 Å². The van der Waals surface area contributed by atoms with Crippen LogP contribution in [0.3, 0.4) is 0 Å². The van der Waals surface area contributed by atoms with Gasteiger partial charge in [-0.2, -0.15) is 0 Å². The SMILES string of the molecule is Cc1cc(Cl)nc(Cl)c1NC(=O)C(C)(C)Br. The third-order valence-electron chi connectivity index (χ3n) is 1.92. The van der Waals surface area contributed by atoms with Gasteiger partial charge < -0.3 is 5.32 Å². The van der Waals surface area contributed by atoms with Crippen molar-refractivity contribution in [1.29, 1.82) is 0 Å². The van der Waals surface area contributed by atoms with Gasteiger partial charge in [0.05, 0.1) is 10.0 Å². The van der Waals surface area contributed by atoms with Gasteiger partial charge in [-0.1, -0.05) is 39.1 Å². The van der Waals surface area contributed by atoms with Gasteiger partial charge in [0.25, 0.3) is 0 Å². The van der Waals surface area contributed by atoms with Crippen LogP contribution in [0.2, 0.25) is 10.3 Å². The molecule has 16 heavy (non-hydrogen) atoms. The van der Waals surface area contributed by atoms with Crippen molar-refractivity contribution in [2.75, 3.05) is 5.32 Å². The Balaban J connectivity index is 3.03. The predicted molar refractivity (Wildman–Crippen MR) is 70.6 cm³/mol. The fourth-order valence-corrected chi connectivity index (χ4v) is 1.69. The fourth-order valence-electron chi connectivity index (χ4n) is 1.01. The molecule has 1 N–H and O–H groups in total. The summed E-state index contributed by atoms with van der Waals surface area (Å²) in [6.45, 7) is 5.29. The molecule has 0 spiro atoms. The molecule has 0 aliphatic rings. The number of aromatic nitrogens is 1. The monoisotopic (exact) mass is 324 g/mol. The zero-order valence-corrected chi connectivity index (χ0v) is 12.2. The van der Waals surface area contributed by atoms with Crippen LogP contribution < -0.4 is 5.32 Å². The molecular formula is C10H11BrCl2N2O. The standard InChI is InChI=1S/C10H11BrCl2N2O/c1-5-4-6(12)14-8(13)7(5)15-9(16)10(2,3)11/h4H,1-3H3,(H,15,16). The summed E-state index contributed by atoms with van der Waals surface area (Å²) in [5.41, 5.74) is 1.26. The molecule has 0 fully saturated rings. The van der Waals surface area contributed by atoms with E-state index in [1.165, 1.54) is 0 Å². The Hall–Kier alpha value is -0.320. The number of pyridine rings is 1. The van der Waals surface area contributed by atoms with Gasteiger partial charge in [-0.05, 0) is 32.4 Å². The summed E-state index contributed by atoms with van der Waals surface area (Å²) in [7, 11) is 0. The van der Waals surface area contributed by atoms with Crippen molar-refractivity contribution in [3.63, 3.8) is 0 Å². The topological polar surface area (TPSA) is 42.0 Å². The summed E-state index contributed by atoms with van der Waals surface area (Å²) in [5, 5.41) is 3.20. The highest BCUT2D eigenvalue weighted by atomic mass is 79.9. The van der Waals surface area contributed by atoms with Crippen LogP contribution in [0.4, 0.5) is 5.69 Å². The van der Waals surface area contributed by atoms with Crippen molar-refractivity contribution in [3.8, 4) is 0 Å². The molecule has 0 radical (unpaired) electrons. The largest absolute Gasteiger partial charge is 0.322 e. The molecule has 1 amide bonds. The maximum Gasteiger partial charge on any atom is 0.240 e. The molecule has 0 unspecified atom stereocenters. The van der Waals surface area contributed by atoms with E-state index in [0.717, 1.165) is 5.56 Å². The van der Waals surface area contributed by atoms with E-state index in [0.29, 0.717) is 10.8 Å². The van der Waals surface area contributed by atoms with Crippen molar-refractivity contribution in [1.82, 2.24) is 4.98 Å². The van der Waals surface area contributed by atoms with Crippen LogP contribution in [0.15, 0.2) is 6.07 Å². The minimum absolute atomic E-state index is 0.190. The number of amides is 1. The van der Waals surface area contributed by atoms with Crippen LogP contribution in [0.5, 0.6) is 0 Å². The average Bonchev–Trinajstić information content (AvgIpc) is 2.08. The fraction of sp³-hybridized carbons (Fsp3) is 0.400. The second-order valence-corrected chi connectivity index (χ2v) is 6.58. The molecule has 1 heterocycles. The number of hydrogen-bond acceptors (Lipinski definition) is 2. The van der Waals surface area contributed by atoms with Crippen molar-refractivity contribution in [2.24, 2.45) is 0 Å². The number of alkyl halides is 1. The second kappa shape index (κ2) is 4.90. The van der Waals surface area contributed by atoms with Gasteiger partial charge in [0, 0.05) is 0 Å². The molecule has 0 saturated carbocycles. The Bertz CT molecular complexity index is 406. The first-order valence-electron chi connectivity index (χ1n) is 4.55. The molecule has 0 aliphatic carbocycles. The number of halogens is 3. The molecule has 1 aromatic heterocycles. The summed E-state index contributed by atoms with van der Waals surface area (Å²) in [4.78, 5) is 15.6. The third-order valence-corrected chi connectivity index (χ3v) is 2.75. The van der Waals surface area contributed by atoms with Gasteiger partial charge in [0.1, 0.15) is 5.15 Å². The van der Waals surface area contributed by atoms with E-state index in [4.69, 9.17) is 23.2 Å². The smallest absolute Gasteiger partial charge is 0.240 e. The molecule has 0 aliphatic heterocycles. The molecule has 0 bridgehead atoms. The lowest BCUT2D eigenvalue weighted by molar-refractivity contribution is -0.117. The maximum atomic E-state index is 11.7. The van der Waals surface area contributed by atoms with Crippen LogP contribution >= 0.6 is 39.1 Å². The minimum Gasteiger partial charge on any atom is -0.322 e. The number of nitrogens with zero attached hydrogens (tertiary/aromatic N) is 1. The van der Waals surface area contributed by atoms with Crippen LogP contribution in [-0.4, -0.2) is 15.2 Å². The van der Waals surface area contributed by atoms with Crippen LogP contribution in [-0.2, 0) is 4.79 Å². The Labute approximate surface area is 113 Å². The van der Waals surface area contributed by atoms with Crippen LogP contribution in [0.25, 0.3) is 0 Å².